The predicted molar refractivity (Wildman–Crippen MR) is 108 cm³/mol. The lowest BCUT2D eigenvalue weighted by Crippen LogP contribution is -2.26. The number of fused-ring (bicyclic) bond motifs is 1. The standard InChI is InChI=1S/C22H21FN4O2/c1-3-29-20-11-15(7-8-19(20)27-10-9-21(23)25-27)22(28)26(2)14-17-6-4-5-16-12-24-13-18(16)17/h4-12H,3,13-14H2,1-2H3. The van der Waals surface area contributed by atoms with Crippen LogP contribution in [0.15, 0.2) is 53.7 Å². The minimum Gasteiger partial charge on any atom is -0.492 e. The maximum atomic E-state index is 13.3. The van der Waals surface area contributed by atoms with Crippen molar-refractivity contribution in [3.63, 3.8) is 0 Å². The van der Waals surface area contributed by atoms with Crippen LogP contribution in [0.5, 0.6) is 5.75 Å². The van der Waals surface area contributed by atoms with Crippen LogP contribution in [-0.2, 0) is 13.1 Å². The normalized spacial score (nSPS) is 12.1. The number of carbonyl (C=O) groups excluding carboxylic acids is 1. The molecule has 4 rings (SSSR count). The lowest BCUT2D eigenvalue weighted by atomic mass is 10.0. The molecule has 2 heterocycles. The molecule has 148 valence electrons. The minimum atomic E-state index is -0.577. The number of hydrogen-bond acceptors (Lipinski definition) is 4. The second-order valence-electron chi connectivity index (χ2n) is 6.81. The molecule has 1 aliphatic rings. The summed E-state index contributed by atoms with van der Waals surface area (Å²) in [6, 6.07) is 12.4. The summed E-state index contributed by atoms with van der Waals surface area (Å²) in [5, 5.41) is 3.79. The Kier molecular flexibility index (Phi) is 5.12. The molecule has 7 heteroatoms. The average Bonchev–Trinajstić information content (AvgIpc) is 3.37. The number of aliphatic imine (C=N–C) groups is 1. The summed E-state index contributed by atoms with van der Waals surface area (Å²) in [5.41, 5.74) is 4.43. The van der Waals surface area contributed by atoms with E-state index in [1.807, 2.05) is 31.3 Å². The number of carbonyl (C=O) groups is 1. The summed E-state index contributed by atoms with van der Waals surface area (Å²) in [4.78, 5) is 19.0. The highest BCUT2D eigenvalue weighted by atomic mass is 19.1. The van der Waals surface area contributed by atoms with E-state index in [2.05, 4.69) is 10.1 Å². The third-order valence-corrected chi connectivity index (χ3v) is 4.85. The van der Waals surface area contributed by atoms with Gasteiger partial charge in [-0.1, -0.05) is 18.2 Å². The van der Waals surface area contributed by atoms with Gasteiger partial charge in [0.2, 0.25) is 5.95 Å². The first kappa shape index (κ1) is 18.9. The molecule has 2 aromatic carbocycles. The lowest BCUT2D eigenvalue weighted by Gasteiger charge is -2.20. The number of aromatic nitrogens is 2. The Labute approximate surface area is 168 Å². The molecule has 1 aliphatic heterocycles. The summed E-state index contributed by atoms with van der Waals surface area (Å²) in [5.74, 6) is -0.226. The molecule has 0 bridgehead atoms. The summed E-state index contributed by atoms with van der Waals surface area (Å²) in [6.45, 7) is 3.41. The van der Waals surface area contributed by atoms with Gasteiger partial charge in [0.15, 0.2) is 0 Å². The van der Waals surface area contributed by atoms with Crippen LogP contribution in [-0.4, -0.2) is 40.5 Å². The van der Waals surface area contributed by atoms with Gasteiger partial charge >= 0.3 is 0 Å². The van der Waals surface area contributed by atoms with Gasteiger partial charge in [-0.25, -0.2) is 4.68 Å². The van der Waals surface area contributed by atoms with E-state index < -0.39 is 5.95 Å². The van der Waals surface area contributed by atoms with Gasteiger partial charge in [0.05, 0.1) is 13.2 Å². The predicted octanol–water partition coefficient (Wildman–Crippen LogP) is 3.61. The van der Waals surface area contributed by atoms with E-state index in [4.69, 9.17) is 4.74 Å². The molecule has 0 radical (unpaired) electrons. The fraction of sp³-hybridized carbons (Fsp3) is 0.227. The largest absolute Gasteiger partial charge is 0.492 e. The summed E-state index contributed by atoms with van der Waals surface area (Å²) < 4.78 is 20.4. The molecular weight excluding hydrogens is 371 g/mol. The van der Waals surface area contributed by atoms with E-state index in [1.54, 1.807) is 30.1 Å². The van der Waals surface area contributed by atoms with Crippen LogP contribution in [0.1, 0.15) is 34.0 Å². The first-order valence-corrected chi connectivity index (χ1v) is 9.41. The van der Waals surface area contributed by atoms with E-state index in [0.29, 0.717) is 36.7 Å². The van der Waals surface area contributed by atoms with E-state index >= 15 is 0 Å². The zero-order valence-electron chi connectivity index (χ0n) is 16.3. The second-order valence-corrected chi connectivity index (χ2v) is 6.81. The Morgan fingerprint density at radius 1 is 1.28 bits per heavy atom. The van der Waals surface area contributed by atoms with Crippen molar-refractivity contribution in [2.24, 2.45) is 4.99 Å². The van der Waals surface area contributed by atoms with Crippen LogP contribution in [0.3, 0.4) is 0 Å². The van der Waals surface area contributed by atoms with E-state index in [0.717, 1.165) is 11.1 Å². The fourth-order valence-corrected chi connectivity index (χ4v) is 3.44. The first-order valence-electron chi connectivity index (χ1n) is 9.41. The van der Waals surface area contributed by atoms with Gasteiger partial charge in [0.25, 0.3) is 5.91 Å². The van der Waals surface area contributed by atoms with Gasteiger partial charge in [-0.05, 0) is 41.8 Å². The Morgan fingerprint density at radius 2 is 2.14 bits per heavy atom. The minimum absolute atomic E-state index is 0.124. The molecule has 0 spiro atoms. The Bertz CT molecular complexity index is 1090. The number of benzene rings is 2. The Morgan fingerprint density at radius 3 is 2.90 bits per heavy atom. The lowest BCUT2D eigenvalue weighted by molar-refractivity contribution is 0.0784. The molecule has 0 saturated heterocycles. The van der Waals surface area contributed by atoms with E-state index in [-0.39, 0.29) is 5.91 Å². The molecule has 0 saturated carbocycles. The fourth-order valence-electron chi connectivity index (χ4n) is 3.44. The molecule has 6 nitrogen and oxygen atoms in total. The van der Waals surface area contributed by atoms with Crippen molar-refractivity contribution in [2.75, 3.05) is 13.7 Å². The molecule has 1 amide bonds. The van der Waals surface area contributed by atoms with Gasteiger partial charge in [-0.15, -0.1) is 5.10 Å². The third kappa shape index (κ3) is 3.76. The van der Waals surface area contributed by atoms with Crippen molar-refractivity contribution in [3.8, 4) is 11.4 Å². The maximum absolute atomic E-state index is 13.3. The zero-order chi connectivity index (χ0) is 20.4. The quantitative estimate of drug-likeness (QED) is 0.644. The molecule has 0 atom stereocenters. The smallest absolute Gasteiger partial charge is 0.254 e. The van der Waals surface area contributed by atoms with Gasteiger partial charge in [-0.3, -0.25) is 9.79 Å². The first-order chi connectivity index (χ1) is 14.1. The van der Waals surface area contributed by atoms with Crippen molar-refractivity contribution < 1.29 is 13.9 Å². The van der Waals surface area contributed by atoms with Gasteiger partial charge in [0, 0.05) is 37.6 Å². The molecular formula is C22H21FN4O2. The van der Waals surface area contributed by atoms with E-state index in [9.17, 15) is 9.18 Å². The molecule has 1 aromatic heterocycles. The van der Waals surface area contributed by atoms with Crippen molar-refractivity contribution >= 4 is 12.1 Å². The van der Waals surface area contributed by atoms with Gasteiger partial charge < -0.3 is 9.64 Å². The SMILES string of the molecule is CCOc1cc(C(=O)N(C)Cc2cccc3c2CN=C3)ccc1-n1ccc(F)n1. The van der Waals surface area contributed by atoms with E-state index in [1.165, 1.54) is 22.5 Å². The van der Waals surface area contributed by atoms with Crippen LogP contribution in [0, 0.1) is 5.95 Å². The Hall–Kier alpha value is -3.48. The van der Waals surface area contributed by atoms with Crippen LogP contribution < -0.4 is 4.74 Å². The highest BCUT2D eigenvalue weighted by Gasteiger charge is 2.18. The maximum Gasteiger partial charge on any atom is 0.254 e. The molecule has 0 N–H and O–H groups in total. The number of ether oxygens (including phenoxy) is 1. The zero-order valence-corrected chi connectivity index (χ0v) is 16.3. The average molecular weight is 392 g/mol. The summed E-state index contributed by atoms with van der Waals surface area (Å²) in [7, 11) is 1.77. The number of rotatable bonds is 6. The molecule has 3 aromatic rings. The van der Waals surface area contributed by atoms with Crippen molar-refractivity contribution in [2.45, 2.75) is 20.0 Å². The van der Waals surface area contributed by atoms with Crippen molar-refractivity contribution in [3.05, 3.63) is 76.9 Å². The summed E-state index contributed by atoms with van der Waals surface area (Å²) >= 11 is 0. The monoisotopic (exact) mass is 392 g/mol. The third-order valence-electron chi connectivity index (χ3n) is 4.85. The van der Waals surface area contributed by atoms with Crippen molar-refractivity contribution in [1.29, 1.82) is 0 Å². The Balaban J connectivity index is 1.58. The number of nitrogens with zero attached hydrogens (tertiary/aromatic N) is 4. The number of hydrogen-bond donors (Lipinski definition) is 0. The second kappa shape index (κ2) is 7.87. The summed E-state index contributed by atoms with van der Waals surface area (Å²) in [6.07, 6.45) is 3.38. The highest BCUT2D eigenvalue weighted by molar-refractivity contribution is 5.95. The molecule has 29 heavy (non-hydrogen) atoms. The van der Waals surface area contributed by atoms with Gasteiger partial charge in [0.1, 0.15) is 11.4 Å². The highest BCUT2D eigenvalue weighted by Crippen LogP contribution is 2.26. The topological polar surface area (TPSA) is 59.7 Å². The number of amides is 1. The van der Waals surface area contributed by atoms with Crippen LogP contribution in [0.2, 0.25) is 0 Å². The van der Waals surface area contributed by atoms with Gasteiger partial charge in [-0.2, -0.15) is 4.39 Å². The number of halogens is 1. The molecule has 0 aliphatic carbocycles. The molecule has 0 fully saturated rings. The van der Waals surface area contributed by atoms with Crippen LogP contribution in [0.25, 0.3) is 5.69 Å². The van der Waals surface area contributed by atoms with Crippen LogP contribution >= 0.6 is 0 Å². The molecule has 0 unspecified atom stereocenters. The van der Waals surface area contributed by atoms with Crippen molar-refractivity contribution in [1.82, 2.24) is 14.7 Å². The van der Waals surface area contributed by atoms with Crippen LogP contribution in [0.4, 0.5) is 4.39 Å².